The Kier molecular flexibility index (Phi) is 5.43. The number of aromatic nitrogens is 6. The first-order valence-corrected chi connectivity index (χ1v) is 10.7. The number of nitrogens with zero attached hydrogens (tertiary/aromatic N) is 6. The molecule has 174 valence electrons. The number of alkyl halides is 3. The summed E-state index contributed by atoms with van der Waals surface area (Å²) >= 11 is 0. The first-order chi connectivity index (χ1) is 16.3. The van der Waals surface area contributed by atoms with E-state index in [4.69, 9.17) is 4.74 Å². The molecule has 0 bridgehead atoms. The van der Waals surface area contributed by atoms with E-state index in [1.54, 1.807) is 47.1 Å². The SMILES string of the molecule is COc1cc(C=Cc2nc3n(n2)CCC3c2ccccc2C(F)(F)F)cnc1-n1cnc(C)c1. The largest absolute Gasteiger partial charge is 0.493 e. The lowest BCUT2D eigenvalue weighted by atomic mass is 9.92. The summed E-state index contributed by atoms with van der Waals surface area (Å²) in [5, 5.41) is 4.46. The Morgan fingerprint density at radius 3 is 2.71 bits per heavy atom. The molecule has 0 saturated carbocycles. The monoisotopic (exact) mass is 466 g/mol. The highest BCUT2D eigenvalue weighted by Crippen LogP contribution is 2.40. The van der Waals surface area contributed by atoms with Crippen LogP contribution in [0, 0.1) is 6.92 Å². The summed E-state index contributed by atoms with van der Waals surface area (Å²) in [5.41, 5.74) is 1.24. The number of pyridine rings is 1. The first kappa shape index (κ1) is 21.9. The lowest BCUT2D eigenvalue weighted by Gasteiger charge is -2.16. The lowest BCUT2D eigenvalue weighted by molar-refractivity contribution is -0.138. The third kappa shape index (κ3) is 4.07. The molecule has 0 spiro atoms. The van der Waals surface area contributed by atoms with E-state index in [9.17, 15) is 13.2 Å². The molecule has 0 amide bonds. The molecule has 5 rings (SSSR count). The van der Waals surface area contributed by atoms with Gasteiger partial charge in [0.1, 0.15) is 12.2 Å². The highest BCUT2D eigenvalue weighted by molar-refractivity contribution is 5.67. The molecular formula is C24H21F3N6O. The number of aryl methyl sites for hydroxylation is 2. The van der Waals surface area contributed by atoms with Crippen LogP contribution in [0.2, 0.25) is 0 Å². The highest BCUT2D eigenvalue weighted by Gasteiger charge is 2.38. The number of ether oxygens (including phenoxy) is 1. The minimum absolute atomic E-state index is 0.232. The predicted molar refractivity (Wildman–Crippen MR) is 120 cm³/mol. The molecule has 1 aromatic carbocycles. The maximum atomic E-state index is 13.5. The van der Waals surface area contributed by atoms with Crippen molar-refractivity contribution in [2.45, 2.75) is 32.0 Å². The van der Waals surface area contributed by atoms with Crippen LogP contribution in [0.4, 0.5) is 13.2 Å². The van der Waals surface area contributed by atoms with Gasteiger partial charge in [-0.2, -0.15) is 18.3 Å². The summed E-state index contributed by atoms with van der Waals surface area (Å²) in [5.74, 6) is 1.71. The van der Waals surface area contributed by atoms with Crippen LogP contribution in [0.15, 0.2) is 49.1 Å². The van der Waals surface area contributed by atoms with Crippen LogP contribution < -0.4 is 4.74 Å². The average molecular weight is 466 g/mol. The summed E-state index contributed by atoms with van der Waals surface area (Å²) in [7, 11) is 1.57. The van der Waals surface area contributed by atoms with Crippen molar-refractivity contribution in [3.63, 3.8) is 0 Å². The van der Waals surface area contributed by atoms with Crippen molar-refractivity contribution in [1.29, 1.82) is 0 Å². The van der Waals surface area contributed by atoms with Gasteiger partial charge in [-0.1, -0.05) is 18.2 Å². The van der Waals surface area contributed by atoms with Crippen molar-refractivity contribution in [1.82, 2.24) is 29.3 Å². The summed E-state index contributed by atoms with van der Waals surface area (Å²) in [4.78, 5) is 13.2. The van der Waals surface area contributed by atoms with Gasteiger partial charge in [0.2, 0.25) is 0 Å². The van der Waals surface area contributed by atoms with Gasteiger partial charge in [0.15, 0.2) is 17.4 Å². The van der Waals surface area contributed by atoms with Gasteiger partial charge in [-0.25, -0.2) is 19.6 Å². The zero-order valence-corrected chi connectivity index (χ0v) is 18.5. The molecule has 10 heteroatoms. The molecule has 0 radical (unpaired) electrons. The van der Waals surface area contributed by atoms with Gasteiger partial charge in [-0.15, -0.1) is 0 Å². The van der Waals surface area contributed by atoms with E-state index in [2.05, 4.69) is 20.1 Å². The maximum absolute atomic E-state index is 13.5. The quantitative estimate of drug-likeness (QED) is 0.418. The van der Waals surface area contributed by atoms with Crippen LogP contribution in [-0.4, -0.2) is 36.4 Å². The van der Waals surface area contributed by atoms with E-state index in [0.717, 1.165) is 17.3 Å². The molecule has 0 saturated heterocycles. The fourth-order valence-electron chi connectivity index (χ4n) is 4.19. The average Bonchev–Trinajstić information content (AvgIpc) is 3.52. The van der Waals surface area contributed by atoms with Crippen LogP contribution in [0.5, 0.6) is 5.75 Å². The Morgan fingerprint density at radius 1 is 1.15 bits per heavy atom. The Hall–Kier alpha value is -3.95. The highest BCUT2D eigenvalue weighted by atomic mass is 19.4. The molecule has 0 aliphatic carbocycles. The first-order valence-electron chi connectivity index (χ1n) is 10.7. The Labute approximate surface area is 193 Å². The zero-order valence-electron chi connectivity index (χ0n) is 18.5. The molecule has 7 nitrogen and oxygen atoms in total. The van der Waals surface area contributed by atoms with E-state index >= 15 is 0 Å². The molecular weight excluding hydrogens is 445 g/mol. The van der Waals surface area contributed by atoms with E-state index in [1.807, 2.05) is 19.2 Å². The van der Waals surface area contributed by atoms with Gasteiger partial charge in [-0.05, 0) is 48.8 Å². The molecule has 0 N–H and O–H groups in total. The number of hydrogen-bond donors (Lipinski definition) is 0. The fraction of sp³-hybridized carbons (Fsp3) is 0.250. The van der Waals surface area contributed by atoms with Crippen LogP contribution >= 0.6 is 0 Å². The Bertz CT molecular complexity index is 1370. The van der Waals surface area contributed by atoms with Crippen molar-refractivity contribution in [3.05, 3.63) is 83.1 Å². The van der Waals surface area contributed by atoms with Gasteiger partial charge in [0.25, 0.3) is 0 Å². The summed E-state index contributed by atoms with van der Waals surface area (Å²) in [6.07, 6.45) is 4.83. The number of methoxy groups -OCH3 is 1. The summed E-state index contributed by atoms with van der Waals surface area (Å²) < 4.78 is 49.5. The van der Waals surface area contributed by atoms with Gasteiger partial charge in [0, 0.05) is 24.9 Å². The summed E-state index contributed by atoms with van der Waals surface area (Å²) in [6, 6.07) is 7.50. The van der Waals surface area contributed by atoms with Gasteiger partial charge in [-0.3, -0.25) is 4.57 Å². The number of imidazole rings is 1. The van der Waals surface area contributed by atoms with Crippen LogP contribution in [0.25, 0.3) is 18.0 Å². The maximum Gasteiger partial charge on any atom is 0.416 e. The second kappa shape index (κ2) is 8.44. The zero-order chi connectivity index (χ0) is 23.9. The molecule has 0 fully saturated rings. The van der Waals surface area contributed by atoms with Crippen molar-refractivity contribution in [2.75, 3.05) is 7.11 Å². The fourth-order valence-corrected chi connectivity index (χ4v) is 4.19. The molecule has 34 heavy (non-hydrogen) atoms. The third-order valence-electron chi connectivity index (χ3n) is 5.75. The number of fused-ring (bicyclic) bond motifs is 1. The standard InChI is InChI=1S/C24H21F3N6O/c1-15-13-32(14-29-15)23-20(34-2)11-16(12-28-23)7-8-21-30-22-18(9-10-33(22)31-21)17-5-3-4-6-19(17)24(25,26)27/h3-8,11-14,18H,9-10H2,1-2H3. The minimum atomic E-state index is -4.42. The summed E-state index contributed by atoms with van der Waals surface area (Å²) in [6.45, 7) is 2.41. The van der Waals surface area contributed by atoms with Crippen LogP contribution in [0.3, 0.4) is 0 Å². The van der Waals surface area contributed by atoms with Crippen LogP contribution in [0.1, 0.15) is 46.4 Å². The second-order valence-corrected chi connectivity index (χ2v) is 8.03. The molecule has 1 unspecified atom stereocenters. The minimum Gasteiger partial charge on any atom is -0.493 e. The van der Waals surface area contributed by atoms with Crippen molar-refractivity contribution < 1.29 is 17.9 Å². The van der Waals surface area contributed by atoms with E-state index in [0.29, 0.717) is 36.2 Å². The molecule has 1 aliphatic rings. The lowest BCUT2D eigenvalue weighted by Crippen LogP contribution is -2.12. The van der Waals surface area contributed by atoms with Crippen molar-refractivity contribution in [3.8, 4) is 11.6 Å². The van der Waals surface area contributed by atoms with E-state index < -0.39 is 17.7 Å². The van der Waals surface area contributed by atoms with Crippen molar-refractivity contribution >= 4 is 12.2 Å². The third-order valence-corrected chi connectivity index (χ3v) is 5.75. The van der Waals surface area contributed by atoms with Gasteiger partial charge < -0.3 is 4.74 Å². The Balaban J connectivity index is 1.41. The van der Waals surface area contributed by atoms with Gasteiger partial charge in [0.05, 0.1) is 18.4 Å². The number of rotatable bonds is 5. The molecule has 1 atom stereocenters. The van der Waals surface area contributed by atoms with Crippen molar-refractivity contribution in [2.24, 2.45) is 0 Å². The molecule has 1 aliphatic heterocycles. The number of halogens is 3. The Morgan fingerprint density at radius 2 is 1.97 bits per heavy atom. The number of hydrogen-bond acceptors (Lipinski definition) is 5. The van der Waals surface area contributed by atoms with E-state index in [1.165, 1.54) is 12.1 Å². The smallest absolute Gasteiger partial charge is 0.416 e. The molecule has 3 aromatic heterocycles. The van der Waals surface area contributed by atoms with E-state index in [-0.39, 0.29) is 5.56 Å². The second-order valence-electron chi connectivity index (χ2n) is 8.03. The topological polar surface area (TPSA) is 70.7 Å². The molecule has 4 heterocycles. The normalized spacial score (nSPS) is 15.7. The van der Waals surface area contributed by atoms with Gasteiger partial charge >= 0.3 is 6.18 Å². The number of benzene rings is 1. The molecule has 4 aromatic rings. The predicted octanol–water partition coefficient (Wildman–Crippen LogP) is 4.90. The van der Waals surface area contributed by atoms with Crippen LogP contribution in [-0.2, 0) is 12.7 Å².